The van der Waals surface area contributed by atoms with Gasteiger partial charge in [-0.15, -0.1) is 0 Å². The van der Waals surface area contributed by atoms with E-state index in [4.69, 9.17) is 18.8 Å². The number of hydrogen-bond acceptors (Lipinski definition) is 5. The summed E-state index contributed by atoms with van der Waals surface area (Å²) < 4.78 is 12.8. The number of rotatable bonds is 4. The topological polar surface area (TPSA) is 55.3 Å². The Bertz CT molecular complexity index is 3320. The van der Waals surface area contributed by atoms with Crippen LogP contribution in [0.3, 0.4) is 0 Å². The van der Waals surface area contributed by atoms with Gasteiger partial charge in [-0.05, 0) is 140 Å². The number of oxazole rings is 2. The van der Waals surface area contributed by atoms with Crippen LogP contribution in [0.2, 0.25) is 0 Å². The van der Waals surface area contributed by atoms with E-state index in [1.165, 1.54) is 44.2 Å². The normalized spacial score (nSPS) is 13.4. The number of anilines is 3. The predicted molar refractivity (Wildman–Crippen MR) is 241 cm³/mol. The standard InChI is InChI=1S/C55H33N3O2/c1-2-16-40(17-3-1)58-49-22-10-6-18-43(49)55(44-19-7-11-23-50(44)58)45-33-36(26-27-41(45)42-31-34-14-4-5-15-35(34)32-46(42)55)37-28-38(53-56-47-20-8-12-24-51(47)59-53)30-39(29-37)54-57-48-21-9-13-25-52(48)60-54/h1-33H. The van der Waals surface area contributed by atoms with Crippen molar-refractivity contribution in [1.29, 1.82) is 0 Å². The Morgan fingerprint density at radius 3 is 1.52 bits per heavy atom. The molecule has 5 nitrogen and oxygen atoms in total. The molecule has 1 spiro atoms. The van der Waals surface area contributed by atoms with Crippen LogP contribution in [0.25, 0.3) is 78.1 Å². The number of para-hydroxylation sites is 7. The first-order valence-electron chi connectivity index (χ1n) is 20.3. The molecule has 0 radical (unpaired) electrons. The van der Waals surface area contributed by atoms with E-state index in [-0.39, 0.29) is 0 Å². The van der Waals surface area contributed by atoms with Crippen LogP contribution < -0.4 is 4.90 Å². The second-order valence-corrected chi connectivity index (χ2v) is 15.7. The molecule has 0 atom stereocenters. The zero-order valence-corrected chi connectivity index (χ0v) is 32.2. The Morgan fingerprint density at radius 2 is 0.883 bits per heavy atom. The molecule has 13 rings (SSSR count). The molecule has 3 heterocycles. The van der Waals surface area contributed by atoms with E-state index in [1.807, 2.05) is 48.5 Å². The average molecular weight is 768 g/mol. The van der Waals surface area contributed by atoms with Crippen molar-refractivity contribution < 1.29 is 8.83 Å². The Hall–Kier alpha value is -8.02. The molecule has 1 aliphatic heterocycles. The lowest BCUT2D eigenvalue weighted by molar-refractivity contribution is 0.617. The molecule has 0 unspecified atom stereocenters. The lowest BCUT2D eigenvalue weighted by Crippen LogP contribution is -2.36. The van der Waals surface area contributed by atoms with E-state index in [1.54, 1.807) is 0 Å². The summed E-state index contributed by atoms with van der Waals surface area (Å²) in [5.74, 6) is 1.09. The highest BCUT2D eigenvalue weighted by Gasteiger charge is 2.52. The second kappa shape index (κ2) is 12.5. The van der Waals surface area contributed by atoms with Crippen molar-refractivity contribution >= 4 is 50.0 Å². The Labute approximate surface area is 345 Å². The van der Waals surface area contributed by atoms with Crippen LogP contribution in [0.5, 0.6) is 0 Å². The maximum absolute atomic E-state index is 6.40. The van der Waals surface area contributed by atoms with Crippen LogP contribution in [-0.2, 0) is 5.41 Å². The van der Waals surface area contributed by atoms with Crippen LogP contribution in [0.4, 0.5) is 17.1 Å². The lowest BCUT2D eigenvalue weighted by Gasteiger charge is -2.45. The van der Waals surface area contributed by atoms with E-state index in [0.717, 1.165) is 61.5 Å². The van der Waals surface area contributed by atoms with Gasteiger partial charge in [-0.1, -0.05) is 115 Å². The molecular weight excluding hydrogens is 735 g/mol. The summed E-state index contributed by atoms with van der Waals surface area (Å²) in [6.45, 7) is 0. The van der Waals surface area contributed by atoms with Gasteiger partial charge in [0.1, 0.15) is 11.0 Å². The monoisotopic (exact) mass is 767 g/mol. The molecule has 1 aliphatic carbocycles. The predicted octanol–water partition coefficient (Wildman–Crippen LogP) is 14.3. The number of aromatic nitrogens is 2. The summed E-state index contributed by atoms with van der Waals surface area (Å²) in [6, 6.07) is 71.4. The first-order chi connectivity index (χ1) is 29.7. The highest BCUT2D eigenvalue weighted by molar-refractivity contribution is 6.01. The van der Waals surface area contributed by atoms with Gasteiger partial charge in [0.15, 0.2) is 11.2 Å². The molecule has 280 valence electrons. The van der Waals surface area contributed by atoms with Crippen molar-refractivity contribution in [2.45, 2.75) is 5.41 Å². The molecule has 0 amide bonds. The van der Waals surface area contributed by atoms with E-state index >= 15 is 0 Å². The average Bonchev–Trinajstić information content (AvgIpc) is 4.02. The second-order valence-electron chi connectivity index (χ2n) is 15.7. The molecule has 2 aromatic heterocycles. The van der Waals surface area contributed by atoms with Crippen LogP contribution in [0.15, 0.2) is 209 Å². The largest absolute Gasteiger partial charge is 0.436 e. The van der Waals surface area contributed by atoms with E-state index < -0.39 is 5.41 Å². The summed E-state index contributed by atoms with van der Waals surface area (Å²) in [5, 5.41) is 2.44. The van der Waals surface area contributed by atoms with Crippen LogP contribution in [0, 0.1) is 0 Å². The fourth-order valence-electron chi connectivity index (χ4n) is 9.90. The van der Waals surface area contributed by atoms with Crippen LogP contribution in [0.1, 0.15) is 22.3 Å². The smallest absolute Gasteiger partial charge is 0.227 e. The molecule has 11 aromatic rings. The third kappa shape index (κ3) is 4.68. The molecule has 0 saturated carbocycles. The zero-order chi connectivity index (χ0) is 39.4. The van der Waals surface area contributed by atoms with E-state index in [0.29, 0.717) is 11.8 Å². The van der Waals surface area contributed by atoms with Gasteiger partial charge in [0.2, 0.25) is 11.8 Å². The minimum Gasteiger partial charge on any atom is -0.436 e. The Balaban J connectivity index is 1.10. The van der Waals surface area contributed by atoms with Gasteiger partial charge in [0, 0.05) is 16.8 Å². The minimum absolute atomic E-state index is 0.545. The molecule has 60 heavy (non-hydrogen) atoms. The first-order valence-corrected chi connectivity index (χ1v) is 20.3. The fraction of sp³-hybridized carbons (Fsp3) is 0.0182. The van der Waals surface area contributed by atoms with Gasteiger partial charge in [-0.25, -0.2) is 9.97 Å². The van der Waals surface area contributed by atoms with Crippen molar-refractivity contribution in [2.24, 2.45) is 0 Å². The Kier molecular flexibility index (Phi) is 6.87. The highest BCUT2D eigenvalue weighted by atomic mass is 16.4. The van der Waals surface area contributed by atoms with Gasteiger partial charge in [-0.3, -0.25) is 0 Å². The van der Waals surface area contributed by atoms with Crippen molar-refractivity contribution in [1.82, 2.24) is 9.97 Å². The first kappa shape index (κ1) is 33.0. The summed E-state index contributed by atoms with van der Waals surface area (Å²) >= 11 is 0. The maximum atomic E-state index is 6.40. The van der Waals surface area contributed by atoms with Gasteiger partial charge in [0.05, 0.1) is 16.8 Å². The van der Waals surface area contributed by atoms with Gasteiger partial charge >= 0.3 is 0 Å². The molecule has 2 aliphatic rings. The van der Waals surface area contributed by atoms with Crippen LogP contribution in [-0.4, -0.2) is 9.97 Å². The van der Waals surface area contributed by atoms with E-state index in [9.17, 15) is 0 Å². The fourth-order valence-corrected chi connectivity index (χ4v) is 9.90. The van der Waals surface area contributed by atoms with E-state index in [2.05, 4.69) is 157 Å². The van der Waals surface area contributed by atoms with Gasteiger partial charge in [-0.2, -0.15) is 0 Å². The highest BCUT2D eigenvalue weighted by Crippen LogP contribution is 2.64. The molecule has 0 N–H and O–H groups in total. The lowest BCUT2D eigenvalue weighted by atomic mass is 9.64. The summed E-state index contributed by atoms with van der Waals surface area (Å²) in [5.41, 5.74) is 17.2. The SMILES string of the molecule is c1ccc(N2c3ccccc3C3(c4cc(-c5cc(-c6nc7ccccc7o6)cc(-c6nc7ccccc7o6)c5)ccc4-c4cc5ccccc5cc43)c3ccccc32)cc1. The number of hydrogen-bond donors (Lipinski definition) is 0. The molecule has 0 bridgehead atoms. The molecular formula is C55H33N3O2. The Morgan fingerprint density at radius 1 is 0.367 bits per heavy atom. The third-order valence-corrected chi connectivity index (χ3v) is 12.5. The van der Waals surface area contributed by atoms with Gasteiger partial charge in [0.25, 0.3) is 0 Å². The summed E-state index contributed by atoms with van der Waals surface area (Å²) in [6.07, 6.45) is 0. The molecule has 5 heteroatoms. The number of benzene rings is 9. The van der Waals surface area contributed by atoms with Crippen molar-refractivity contribution in [3.63, 3.8) is 0 Å². The summed E-state index contributed by atoms with van der Waals surface area (Å²) in [4.78, 5) is 12.3. The van der Waals surface area contributed by atoms with Crippen LogP contribution >= 0.6 is 0 Å². The minimum atomic E-state index is -0.621. The zero-order valence-electron chi connectivity index (χ0n) is 32.2. The third-order valence-electron chi connectivity index (χ3n) is 12.5. The summed E-state index contributed by atoms with van der Waals surface area (Å²) in [7, 11) is 0. The quantitative estimate of drug-likeness (QED) is 0.178. The maximum Gasteiger partial charge on any atom is 0.227 e. The molecule has 9 aromatic carbocycles. The van der Waals surface area contributed by atoms with Crippen molar-refractivity contribution in [2.75, 3.05) is 4.90 Å². The van der Waals surface area contributed by atoms with Crippen molar-refractivity contribution in [3.05, 3.63) is 222 Å². The number of fused-ring (bicyclic) bond motifs is 12. The molecule has 0 saturated heterocycles. The number of nitrogens with zero attached hydrogens (tertiary/aromatic N) is 3. The van der Waals surface area contributed by atoms with Gasteiger partial charge < -0.3 is 13.7 Å². The molecule has 0 fully saturated rings. The van der Waals surface area contributed by atoms with Crippen molar-refractivity contribution in [3.8, 4) is 45.2 Å².